The summed E-state index contributed by atoms with van der Waals surface area (Å²) in [4.78, 5) is 19.6. The van der Waals surface area contributed by atoms with Crippen molar-refractivity contribution in [2.45, 2.75) is 57.2 Å². The van der Waals surface area contributed by atoms with Gasteiger partial charge in [0.25, 0.3) is 0 Å². The normalized spacial score (nSPS) is 22.0. The maximum Gasteiger partial charge on any atom is 0.240 e. The molecule has 0 aromatic heterocycles. The van der Waals surface area contributed by atoms with Gasteiger partial charge < -0.3 is 4.90 Å². The molecule has 0 radical (unpaired) electrons. The van der Waals surface area contributed by atoms with Gasteiger partial charge in [-0.05, 0) is 25.3 Å². The zero-order valence-electron chi connectivity index (χ0n) is 16.7. The molecule has 1 saturated carbocycles. The van der Waals surface area contributed by atoms with Crippen LogP contribution in [0.15, 0.2) is 30.3 Å². The van der Waals surface area contributed by atoms with Gasteiger partial charge in [-0.25, -0.2) is 0 Å². The van der Waals surface area contributed by atoms with Crippen LogP contribution < -0.4 is 0 Å². The van der Waals surface area contributed by atoms with Crippen LogP contribution in [0.4, 0.5) is 0 Å². The third-order valence-corrected chi connectivity index (χ3v) is 6.42. The largest absolute Gasteiger partial charge is 0.326 e. The summed E-state index contributed by atoms with van der Waals surface area (Å²) in [7, 11) is 1.83. The Hall–Kier alpha value is -1.90. The van der Waals surface area contributed by atoms with Gasteiger partial charge in [0.2, 0.25) is 5.91 Å². The highest BCUT2D eigenvalue weighted by Crippen LogP contribution is 2.33. The molecular formula is C22H32N4O. The van der Waals surface area contributed by atoms with Crippen molar-refractivity contribution in [3.63, 3.8) is 0 Å². The number of nitrogens with zero attached hydrogens (tertiary/aromatic N) is 4. The van der Waals surface area contributed by atoms with Crippen LogP contribution >= 0.6 is 0 Å². The Morgan fingerprint density at radius 3 is 2.37 bits per heavy atom. The topological polar surface area (TPSA) is 50.6 Å². The molecule has 5 heteroatoms. The van der Waals surface area contributed by atoms with E-state index in [0.29, 0.717) is 0 Å². The summed E-state index contributed by atoms with van der Waals surface area (Å²) < 4.78 is 0. The number of hydrogen-bond acceptors (Lipinski definition) is 4. The molecule has 0 unspecified atom stereocenters. The number of carbonyl (C=O) groups is 1. The van der Waals surface area contributed by atoms with E-state index in [9.17, 15) is 10.1 Å². The van der Waals surface area contributed by atoms with Crippen LogP contribution in [-0.2, 0) is 11.3 Å². The second-order valence-corrected chi connectivity index (χ2v) is 8.07. The molecule has 1 aliphatic carbocycles. The summed E-state index contributed by atoms with van der Waals surface area (Å²) in [5.74, 6) is 0.0926. The molecule has 3 rings (SSSR count). The fourth-order valence-electron chi connectivity index (χ4n) is 4.46. The summed E-state index contributed by atoms with van der Waals surface area (Å²) in [5, 5.41) is 9.76. The van der Waals surface area contributed by atoms with E-state index in [2.05, 4.69) is 40.1 Å². The molecule has 5 nitrogen and oxygen atoms in total. The van der Waals surface area contributed by atoms with Crippen molar-refractivity contribution in [2.24, 2.45) is 0 Å². The van der Waals surface area contributed by atoms with Gasteiger partial charge in [0.05, 0.1) is 12.1 Å². The van der Waals surface area contributed by atoms with Crippen molar-refractivity contribution in [3.8, 4) is 6.07 Å². The van der Waals surface area contributed by atoms with E-state index in [0.717, 1.165) is 58.4 Å². The van der Waals surface area contributed by atoms with Crippen LogP contribution in [-0.4, -0.2) is 65.4 Å². The number of amides is 1. The molecule has 2 fully saturated rings. The first-order valence-electron chi connectivity index (χ1n) is 10.2. The number of carbonyl (C=O) groups excluding carboxylic acids is 1. The third-order valence-electron chi connectivity index (χ3n) is 6.42. The lowest BCUT2D eigenvalue weighted by Crippen LogP contribution is -2.58. The van der Waals surface area contributed by atoms with Gasteiger partial charge in [-0.2, -0.15) is 5.26 Å². The van der Waals surface area contributed by atoms with Crippen molar-refractivity contribution >= 4 is 5.91 Å². The SMILES string of the molecule is C[C@H](C(=O)N(C)C1(C#N)CCCCC1)N1CCN(Cc2ccccc2)CC1. The van der Waals surface area contributed by atoms with E-state index in [1.165, 1.54) is 12.0 Å². The summed E-state index contributed by atoms with van der Waals surface area (Å²) >= 11 is 0. The highest BCUT2D eigenvalue weighted by molar-refractivity contribution is 5.82. The fourth-order valence-corrected chi connectivity index (χ4v) is 4.46. The van der Waals surface area contributed by atoms with Gasteiger partial charge in [0, 0.05) is 39.8 Å². The molecule has 0 N–H and O–H groups in total. The molecule has 1 aromatic rings. The van der Waals surface area contributed by atoms with Crippen LogP contribution in [0.2, 0.25) is 0 Å². The van der Waals surface area contributed by atoms with Gasteiger partial charge in [-0.1, -0.05) is 49.6 Å². The Balaban J connectivity index is 1.54. The number of hydrogen-bond donors (Lipinski definition) is 0. The highest BCUT2D eigenvalue weighted by Gasteiger charge is 2.41. The Bertz CT molecular complexity index is 655. The predicted molar refractivity (Wildman–Crippen MR) is 107 cm³/mol. The van der Waals surface area contributed by atoms with Crippen molar-refractivity contribution in [3.05, 3.63) is 35.9 Å². The van der Waals surface area contributed by atoms with E-state index >= 15 is 0 Å². The van der Waals surface area contributed by atoms with E-state index in [1.807, 2.05) is 20.0 Å². The van der Waals surface area contributed by atoms with Gasteiger partial charge in [-0.3, -0.25) is 14.6 Å². The van der Waals surface area contributed by atoms with Crippen LogP contribution in [0.5, 0.6) is 0 Å². The average molecular weight is 369 g/mol. The minimum atomic E-state index is -0.598. The Labute approximate surface area is 163 Å². The van der Waals surface area contributed by atoms with E-state index in [1.54, 1.807) is 4.90 Å². The fraction of sp³-hybridized carbons (Fsp3) is 0.636. The number of likely N-dealkylation sites (N-methyl/N-ethyl adjacent to an activating group) is 1. The molecule has 1 amide bonds. The Morgan fingerprint density at radius 2 is 1.78 bits per heavy atom. The minimum absolute atomic E-state index is 0.0926. The van der Waals surface area contributed by atoms with Crippen molar-refractivity contribution < 1.29 is 4.79 Å². The van der Waals surface area contributed by atoms with Crippen LogP contribution in [0.1, 0.15) is 44.6 Å². The van der Waals surface area contributed by atoms with Gasteiger partial charge in [-0.15, -0.1) is 0 Å². The summed E-state index contributed by atoms with van der Waals surface area (Å²) in [6.07, 6.45) is 4.87. The third kappa shape index (κ3) is 4.51. The molecular weight excluding hydrogens is 336 g/mol. The number of piperazine rings is 1. The van der Waals surface area contributed by atoms with Crippen LogP contribution in [0.3, 0.4) is 0 Å². The van der Waals surface area contributed by atoms with Gasteiger partial charge in [0.15, 0.2) is 0 Å². The number of nitriles is 1. The van der Waals surface area contributed by atoms with E-state index in [4.69, 9.17) is 0 Å². The first-order valence-corrected chi connectivity index (χ1v) is 10.2. The van der Waals surface area contributed by atoms with Gasteiger partial charge in [0.1, 0.15) is 5.54 Å². The van der Waals surface area contributed by atoms with Gasteiger partial charge >= 0.3 is 0 Å². The zero-order chi connectivity index (χ0) is 19.3. The van der Waals surface area contributed by atoms with Crippen molar-refractivity contribution in [2.75, 3.05) is 33.2 Å². The Kier molecular flexibility index (Phi) is 6.51. The molecule has 146 valence electrons. The average Bonchev–Trinajstić information content (AvgIpc) is 2.74. The van der Waals surface area contributed by atoms with E-state index < -0.39 is 5.54 Å². The van der Waals surface area contributed by atoms with Crippen LogP contribution in [0, 0.1) is 11.3 Å². The number of rotatable bonds is 5. The smallest absolute Gasteiger partial charge is 0.240 e. The quantitative estimate of drug-likeness (QED) is 0.802. The molecule has 1 atom stereocenters. The summed E-state index contributed by atoms with van der Waals surface area (Å²) in [6, 6.07) is 12.8. The molecule has 0 spiro atoms. The second-order valence-electron chi connectivity index (χ2n) is 8.07. The molecule has 2 aliphatic rings. The highest BCUT2D eigenvalue weighted by atomic mass is 16.2. The minimum Gasteiger partial charge on any atom is -0.326 e. The molecule has 1 aliphatic heterocycles. The second kappa shape index (κ2) is 8.86. The van der Waals surface area contributed by atoms with E-state index in [-0.39, 0.29) is 11.9 Å². The standard InChI is InChI=1S/C22H32N4O/c1-19(21(27)24(2)22(18-23)11-7-4-8-12-22)26-15-13-25(14-16-26)17-20-9-5-3-6-10-20/h3,5-6,9-10,19H,4,7-8,11-17H2,1-2H3/t19-/m1/s1. The first-order chi connectivity index (χ1) is 13.1. The monoisotopic (exact) mass is 368 g/mol. The Morgan fingerprint density at radius 1 is 1.15 bits per heavy atom. The summed E-state index contributed by atoms with van der Waals surface area (Å²) in [6.45, 7) is 6.70. The summed E-state index contributed by atoms with van der Waals surface area (Å²) in [5.41, 5.74) is 0.738. The zero-order valence-corrected chi connectivity index (χ0v) is 16.7. The number of benzene rings is 1. The molecule has 1 aromatic carbocycles. The maximum absolute atomic E-state index is 13.1. The molecule has 1 saturated heterocycles. The lowest BCUT2D eigenvalue weighted by Gasteiger charge is -2.43. The lowest BCUT2D eigenvalue weighted by molar-refractivity contribution is -0.140. The van der Waals surface area contributed by atoms with Crippen molar-refractivity contribution in [1.82, 2.24) is 14.7 Å². The lowest BCUT2D eigenvalue weighted by atomic mass is 9.81. The molecule has 0 bridgehead atoms. The van der Waals surface area contributed by atoms with Crippen molar-refractivity contribution in [1.29, 1.82) is 5.26 Å². The molecule has 1 heterocycles. The van der Waals surface area contributed by atoms with Crippen LogP contribution in [0.25, 0.3) is 0 Å². The predicted octanol–water partition coefficient (Wildman–Crippen LogP) is 2.88. The maximum atomic E-state index is 13.1. The molecule has 27 heavy (non-hydrogen) atoms. The first kappa shape index (κ1) is 19.9.